The van der Waals surface area contributed by atoms with E-state index in [2.05, 4.69) is 4.72 Å². The smallest absolute Gasteiger partial charge is 0.382 e. The Balaban J connectivity index is 2.31. The van der Waals surface area contributed by atoms with Gasteiger partial charge < -0.3 is 13.7 Å². The second-order valence-electron chi connectivity index (χ2n) is 5.10. The lowest BCUT2D eigenvalue weighted by molar-refractivity contribution is -0.0779. The van der Waals surface area contributed by atoms with Crippen LogP contribution in [-0.2, 0) is 20.5 Å². The number of ether oxygens (including phenoxy) is 2. The van der Waals surface area contributed by atoms with Gasteiger partial charge in [0.25, 0.3) is 0 Å². The fourth-order valence-corrected chi connectivity index (χ4v) is 3.00. The summed E-state index contributed by atoms with van der Waals surface area (Å²) in [6.45, 7) is 5.89. The maximum Gasteiger partial charge on any atom is 0.382 e. The molecular weight excluding hydrogens is 282 g/mol. The van der Waals surface area contributed by atoms with Gasteiger partial charge in [-0.3, -0.25) is 0 Å². The van der Waals surface area contributed by atoms with Crippen LogP contribution in [-0.4, -0.2) is 28.4 Å². The summed E-state index contributed by atoms with van der Waals surface area (Å²) in [6, 6.07) is 4.91. The van der Waals surface area contributed by atoms with Crippen molar-refractivity contribution in [2.45, 2.75) is 32.5 Å². The molecule has 6 nitrogen and oxygen atoms in total. The Bertz CT molecular complexity index is 597. The van der Waals surface area contributed by atoms with E-state index in [-0.39, 0.29) is 17.7 Å². The first-order chi connectivity index (χ1) is 9.30. The molecule has 0 bridgehead atoms. The molecule has 1 unspecified atom stereocenters. The van der Waals surface area contributed by atoms with Gasteiger partial charge in [0, 0.05) is 19.2 Å². The predicted octanol–water partition coefficient (Wildman–Crippen LogP) is 1.56. The molecule has 2 rings (SSSR count). The molecule has 0 aromatic heterocycles. The van der Waals surface area contributed by atoms with Gasteiger partial charge in [0.15, 0.2) is 0 Å². The minimum absolute atomic E-state index is 0.248. The van der Waals surface area contributed by atoms with E-state index >= 15 is 0 Å². The lowest BCUT2D eigenvalue weighted by atomic mass is 9.85. The van der Waals surface area contributed by atoms with Gasteiger partial charge in [0.1, 0.15) is 11.5 Å². The van der Waals surface area contributed by atoms with E-state index in [1.54, 1.807) is 32.2 Å². The van der Waals surface area contributed by atoms with Crippen LogP contribution in [0.1, 0.15) is 26.3 Å². The summed E-state index contributed by atoms with van der Waals surface area (Å²) in [5.41, 5.74) is 0.472. The van der Waals surface area contributed by atoms with Crippen molar-refractivity contribution in [1.82, 2.24) is 4.72 Å². The van der Waals surface area contributed by atoms with E-state index in [0.717, 1.165) is 5.56 Å². The largest absolute Gasteiger partial charge is 0.464 e. The number of hydrogen-bond acceptors (Lipinski definition) is 5. The Kier molecular flexibility index (Phi) is 3.95. The first-order valence-corrected chi connectivity index (χ1v) is 7.74. The monoisotopic (exact) mass is 301 g/mol. The molecule has 1 aliphatic heterocycles. The first kappa shape index (κ1) is 15.1. The molecule has 7 heteroatoms. The molecule has 0 spiro atoms. The number of benzene rings is 1. The highest BCUT2D eigenvalue weighted by Gasteiger charge is 2.42. The van der Waals surface area contributed by atoms with E-state index in [4.69, 9.17) is 13.7 Å². The zero-order chi connectivity index (χ0) is 15.0. The van der Waals surface area contributed by atoms with Gasteiger partial charge in [-0.25, -0.2) is 0 Å². The maximum atomic E-state index is 11.6. The summed E-state index contributed by atoms with van der Waals surface area (Å²) >= 11 is 0. The number of rotatable bonds is 5. The third kappa shape index (κ3) is 2.74. The topological polar surface area (TPSA) is 73.9 Å². The van der Waals surface area contributed by atoms with Crippen LogP contribution in [0.15, 0.2) is 18.2 Å². The maximum absolute atomic E-state index is 11.6. The molecule has 1 atom stereocenters. The fourth-order valence-electron chi connectivity index (χ4n) is 2.23. The van der Waals surface area contributed by atoms with E-state index < -0.39 is 16.6 Å². The third-order valence-corrected chi connectivity index (χ3v) is 4.26. The summed E-state index contributed by atoms with van der Waals surface area (Å²) in [6.07, 6.45) is -0.405. The van der Waals surface area contributed by atoms with E-state index in [1.807, 2.05) is 13.8 Å². The lowest BCUT2D eigenvalue weighted by Gasteiger charge is -2.24. The SMILES string of the molecule is CCNS(=O)(=O)Oc1ccc2c(c1)C(C)(C)C(OC)O2. The first-order valence-electron chi connectivity index (χ1n) is 6.33. The van der Waals surface area contributed by atoms with E-state index in [1.165, 1.54) is 0 Å². The van der Waals surface area contributed by atoms with Crippen molar-refractivity contribution in [3.63, 3.8) is 0 Å². The van der Waals surface area contributed by atoms with Gasteiger partial charge >= 0.3 is 10.3 Å². The van der Waals surface area contributed by atoms with Crippen LogP contribution in [0.2, 0.25) is 0 Å². The van der Waals surface area contributed by atoms with Crippen molar-refractivity contribution in [2.75, 3.05) is 13.7 Å². The van der Waals surface area contributed by atoms with Crippen LogP contribution >= 0.6 is 0 Å². The minimum Gasteiger partial charge on any atom is -0.464 e. The molecule has 1 aromatic carbocycles. The predicted molar refractivity (Wildman–Crippen MR) is 74.1 cm³/mol. The summed E-state index contributed by atoms with van der Waals surface area (Å²) in [5.74, 6) is 0.924. The van der Waals surface area contributed by atoms with Crippen LogP contribution in [0.3, 0.4) is 0 Å². The number of hydrogen-bond donors (Lipinski definition) is 1. The van der Waals surface area contributed by atoms with Crippen molar-refractivity contribution in [1.29, 1.82) is 0 Å². The van der Waals surface area contributed by atoms with Crippen molar-refractivity contribution in [3.05, 3.63) is 23.8 Å². The third-order valence-electron chi connectivity index (χ3n) is 3.21. The lowest BCUT2D eigenvalue weighted by Crippen LogP contribution is -2.33. The number of nitrogens with one attached hydrogen (secondary N) is 1. The Morgan fingerprint density at radius 2 is 2.10 bits per heavy atom. The summed E-state index contributed by atoms with van der Waals surface area (Å²) in [4.78, 5) is 0. The van der Waals surface area contributed by atoms with Crippen LogP contribution in [0.4, 0.5) is 0 Å². The fraction of sp³-hybridized carbons (Fsp3) is 0.538. The molecule has 0 aliphatic carbocycles. The molecule has 1 N–H and O–H groups in total. The molecule has 0 fully saturated rings. The Hall–Kier alpha value is -1.31. The van der Waals surface area contributed by atoms with Crippen molar-refractivity contribution >= 4 is 10.3 Å². The van der Waals surface area contributed by atoms with Crippen molar-refractivity contribution in [3.8, 4) is 11.5 Å². The summed E-state index contributed by atoms with van der Waals surface area (Å²) in [7, 11) is -2.21. The summed E-state index contributed by atoms with van der Waals surface area (Å²) in [5, 5.41) is 0. The Morgan fingerprint density at radius 3 is 2.70 bits per heavy atom. The molecule has 0 saturated heterocycles. The van der Waals surface area contributed by atoms with Gasteiger partial charge in [-0.1, -0.05) is 6.92 Å². The highest BCUT2D eigenvalue weighted by Crippen LogP contribution is 2.44. The van der Waals surface area contributed by atoms with Gasteiger partial charge in [-0.05, 0) is 32.0 Å². The molecule has 0 saturated carbocycles. The molecule has 1 aliphatic rings. The Labute approximate surface area is 119 Å². The van der Waals surface area contributed by atoms with Gasteiger partial charge in [0.05, 0.1) is 5.41 Å². The Morgan fingerprint density at radius 1 is 1.40 bits per heavy atom. The normalized spacial score (nSPS) is 20.3. The van der Waals surface area contributed by atoms with Crippen LogP contribution in [0.5, 0.6) is 11.5 Å². The zero-order valence-corrected chi connectivity index (χ0v) is 12.8. The molecule has 1 heterocycles. The number of methoxy groups -OCH3 is 1. The number of fused-ring (bicyclic) bond motifs is 1. The standard InChI is InChI=1S/C13H19NO5S/c1-5-14-20(15,16)19-9-6-7-11-10(8-9)13(2,3)12(17-4)18-11/h6-8,12,14H,5H2,1-4H3. The molecule has 112 valence electrons. The van der Waals surface area contributed by atoms with Crippen molar-refractivity contribution < 1.29 is 22.1 Å². The quantitative estimate of drug-likeness (QED) is 0.893. The summed E-state index contributed by atoms with van der Waals surface area (Å²) < 4.78 is 41.4. The van der Waals surface area contributed by atoms with Crippen molar-refractivity contribution in [2.24, 2.45) is 0 Å². The minimum atomic E-state index is -3.78. The average Bonchev–Trinajstić information content (AvgIpc) is 2.60. The molecular formula is C13H19NO5S. The molecule has 0 amide bonds. The van der Waals surface area contributed by atoms with E-state index in [0.29, 0.717) is 5.75 Å². The van der Waals surface area contributed by atoms with E-state index in [9.17, 15) is 8.42 Å². The van der Waals surface area contributed by atoms with Crippen LogP contribution in [0, 0.1) is 0 Å². The zero-order valence-electron chi connectivity index (χ0n) is 12.0. The molecule has 0 radical (unpaired) electrons. The highest BCUT2D eigenvalue weighted by atomic mass is 32.2. The van der Waals surface area contributed by atoms with Gasteiger partial charge in [-0.15, -0.1) is 0 Å². The van der Waals surface area contributed by atoms with Crippen LogP contribution < -0.4 is 13.6 Å². The molecule has 1 aromatic rings. The molecule has 20 heavy (non-hydrogen) atoms. The second kappa shape index (κ2) is 5.23. The van der Waals surface area contributed by atoms with Gasteiger partial charge in [0.2, 0.25) is 6.29 Å². The van der Waals surface area contributed by atoms with Crippen LogP contribution in [0.25, 0.3) is 0 Å². The average molecular weight is 301 g/mol. The van der Waals surface area contributed by atoms with Gasteiger partial charge in [-0.2, -0.15) is 13.1 Å². The highest BCUT2D eigenvalue weighted by molar-refractivity contribution is 7.85. The second-order valence-corrected chi connectivity index (χ2v) is 6.46.